The molecule has 1 N–H and O–H groups in total. The van der Waals surface area contributed by atoms with Crippen molar-refractivity contribution in [3.8, 4) is 0 Å². The number of rotatable bonds is 8. The number of Topliss-reactive ketones (excluding diaryl/α,β-unsaturated/α-hetero) is 1. The van der Waals surface area contributed by atoms with Crippen LogP contribution in [0.4, 0.5) is 0 Å². The van der Waals surface area contributed by atoms with Crippen molar-refractivity contribution in [2.24, 2.45) is 5.92 Å². The molecule has 2 amide bonds. The first-order chi connectivity index (χ1) is 18.3. The molecular formula is C29H38N4O5S. The first kappa shape index (κ1) is 28.9. The number of likely N-dealkylation sites (tertiary alicyclic amines) is 1. The highest BCUT2D eigenvalue weighted by molar-refractivity contribution is 7.88. The number of carbonyl (C=O) groups is 3. The molecule has 2 aliphatic heterocycles. The van der Waals surface area contributed by atoms with Gasteiger partial charge in [-0.25, -0.2) is 8.42 Å². The molecule has 0 radical (unpaired) electrons. The number of benzene rings is 1. The van der Waals surface area contributed by atoms with Crippen molar-refractivity contribution in [3.63, 3.8) is 0 Å². The van der Waals surface area contributed by atoms with Gasteiger partial charge in [-0.2, -0.15) is 4.31 Å². The van der Waals surface area contributed by atoms with Gasteiger partial charge in [-0.15, -0.1) is 0 Å². The molecule has 2 fully saturated rings. The molecule has 0 bridgehead atoms. The molecule has 3 heterocycles. The van der Waals surface area contributed by atoms with Crippen LogP contribution in [0.1, 0.15) is 69.1 Å². The van der Waals surface area contributed by atoms with E-state index in [4.69, 9.17) is 0 Å². The van der Waals surface area contributed by atoms with Crippen LogP contribution in [0.3, 0.4) is 0 Å². The van der Waals surface area contributed by atoms with Crippen molar-refractivity contribution in [2.45, 2.75) is 76.8 Å². The predicted molar refractivity (Wildman–Crippen MR) is 148 cm³/mol. The van der Waals surface area contributed by atoms with E-state index in [9.17, 15) is 22.8 Å². The van der Waals surface area contributed by atoms with Gasteiger partial charge in [0.25, 0.3) is 5.91 Å². The van der Waals surface area contributed by atoms with Crippen LogP contribution in [-0.2, 0) is 30.8 Å². The SMILES string of the molecule is CC(C)CC(NC(=O)c1ccc(C(C)(C)C)cc1)C(=O)N1CCC2C1C(=O)CN2S(=O)(=O)Cc1ccccn1. The summed E-state index contributed by atoms with van der Waals surface area (Å²) in [4.78, 5) is 45.5. The lowest BCUT2D eigenvalue weighted by Gasteiger charge is -2.29. The number of sulfonamides is 1. The third kappa shape index (κ3) is 6.38. The van der Waals surface area contributed by atoms with E-state index in [1.807, 2.05) is 26.0 Å². The number of nitrogens with one attached hydrogen (secondary N) is 1. The third-order valence-corrected chi connectivity index (χ3v) is 9.17. The first-order valence-electron chi connectivity index (χ1n) is 13.4. The van der Waals surface area contributed by atoms with E-state index < -0.39 is 28.1 Å². The molecule has 3 unspecified atom stereocenters. The minimum Gasteiger partial charge on any atom is -0.340 e. The zero-order valence-corrected chi connectivity index (χ0v) is 24.1. The van der Waals surface area contributed by atoms with Crippen molar-refractivity contribution in [1.29, 1.82) is 0 Å². The normalized spacial score (nSPS) is 20.8. The zero-order valence-electron chi connectivity index (χ0n) is 23.3. The molecular weight excluding hydrogens is 516 g/mol. The summed E-state index contributed by atoms with van der Waals surface area (Å²) in [6, 6.07) is 10.1. The van der Waals surface area contributed by atoms with Gasteiger partial charge < -0.3 is 10.2 Å². The second-order valence-electron chi connectivity index (χ2n) is 11.9. The molecule has 39 heavy (non-hydrogen) atoms. The Hall–Kier alpha value is -3.11. The second kappa shape index (κ2) is 11.2. The Bertz CT molecular complexity index is 1320. The summed E-state index contributed by atoms with van der Waals surface area (Å²) >= 11 is 0. The van der Waals surface area contributed by atoms with Crippen molar-refractivity contribution in [1.82, 2.24) is 19.5 Å². The lowest BCUT2D eigenvalue weighted by Crippen LogP contribution is -2.53. The monoisotopic (exact) mass is 554 g/mol. The molecule has 0 aliphatic carbocycles. The highest BCUT2D eigenvalue weighted by Crippen LogP contribution is 2.33. The number of nitrogens with zero attached hydrogens (tertiary/aromatic N) is 3. The summed E-state index contributed by atoms with van der Waals surface area (Å²) in [7, 11) is -3.82. The average molecular weight is 555 g/mol. The fourth-order valence-electron chi connectivity index (χ4n) is 5.39. The Morgan fingerprint density at radius 3 is 2.38 bits per heavy atom. The second-order valence-corrected chi connectivity index (χ2v) is 13.8. The van der Waals surface area contributed by atoms with Crippen LogP contribution in [0, 0.1) is 5.92 Å². The van der Waals surface area contributed by atoms with Gasteiger partial charge in [0.15, 0.2) is 5.78 Å². The maximum atomic E-state index is 13.7. The molecule has 0 saturated carbocycles. The smallest absolute Gasteiger partial charge is 0.251 e. The maximum absolute atomic E-state index is 13.7. The average Bonchev–Trinajstić information content (AvgIpc) is 3.44. The molecule has 9 nitrogen and oxygen atoms in total. The lowest BCUT2D eigenvalue weighted by molar-refractivity contribution is -0.138. The number of hydrogen-bond acceptors (Lipinski definition) is 6. The Morgan fingerprint density at radius 1 is 1.10 bits per heavy atom. The summed E-state index contributed by atoms with van der Waals surface area (Å²) in [5.41, 5.74) is 1.89. The fraction of sp³-hybridized carbons (Fsp3) is 0.517. The van der Waals surface area contributed by atoms with E-state index in [0.29, 0.717) is 24.1 Å². The van der Waals surface area contributed by atoms with Gasteiger partial charge in [-0.05, 0) is 54.0 Å². The van der Waals surface area contributed by atoms with Crippen LogP contribution in [-0.4, -0.2) is 71.4 Å². The number of aromatic nitrogens is 1. The summed E-state index contributed by atoms with van der Waals surface area (Å²) in [6.07, 6.45) is 2.29. The van der Waals surface area contributed by atoms with Gasteiger partial charge in [-0.3, -0.25) is 19.4 Å². The summed E-state index contributed by atoms with van der Waals surface area (Å²) in [6.45, 7) is 10.2. The van der Waals surface area contributed by atoms with Gasteiger partial charge in [0, 0.05) is 18.3 Å². The molecule has 10 heteroatoms. The van der Waals surface area contributed by atoms with E-state index in [2.05, 4.69) is 31.1 Å². The van der Waals surface area contributed by atoms with Crippen LogP contribution in [0.2, 0.25) is 0 Å². The molecule has 1 aromatic carbocycles. The number of ketones is 1. The lowest BCUT2D eigenvalue weighted by atomic mass is 9.86. The standard InChI is InChI=1S/C29H38N4O5S/c1-19(2)16-23(31-27(35)20-9-11-21(12-10-20)29(3,4)5)28(36)32-15-13-24-26(32)25(34)17-33(24)39(37,38)18-22-8-6-7-14-30-22/h6-12,14,19,23-24,26H,13,15-18H2,1-5H3,(H,31,35). The van der Waals surface area contributed by atoms with Gasteiger partial charge in [0.1, 0.15) is 17.8 Å². The minimum absolute atomic E-state index is 0.0514. The fourth-order valence-corrected chi connectivity index (χ4v) is 7.06. The van der Waals surface area contributed by atoms with Gasteiger partial charge in [0.2, 0.25) is 15.9 Å². The van der Waals surface area contributed by atoms with Crippen molar-refractivity contribution >= 4 is 27.6 Å². The maximum Gasteiger partial charge on any atom is 0.251 e. The van der Waals surface area contributed by atoms with Crippen LogP contribution in [0.5, 0.6) is 0 Å². The van der Waals surface area contributed by atoms with Crippen molar-refractivity contribution in [3.05, 3.63) is 65.5 Å². The van der Waals surface area contributed by atoms with Crippen LogP contribution in [0.25, 0.3) is 0 Å². The van der Waals surface area contributed by atoms with Crippen molar-refractivity contribution < 1.29 is 22.8 Å². The largest absolute Gasteiger partial charge is 0.340 e. The van der Waals surface area contributed by atoms with E-state index in [0.717, 1.165) is 5.56 Å². The summed E-state index contributed by atoms with van der Waals surface area (Å²) in [5, 5.41) is 2.89. The van der Waals surface area contributed by atoms with Crippen LogP contribution in [0.15, 0.2) is 48.7 Å². The highest BCUT2D eigenvalue weighted by Gasteiger charge is 2.54. The Balaban J connectivity index is 1.50. The number of hydrogen-bond donors (Lipinski definition) is 1. The van der Waals surface area contributed by atoms with E-state index in [1.54, 1.807) is 30.3 Å². The first-order valence-corrected chi connectivity index (χ1v) is 15.0. The van der Waals surface area contributed by atoms with Crippen molar-refractivity contribution in [2.75, 3.05) is 13.1 Å². The van der Waals surface area contributed by atoms with E-state index in [1.165, 1.54) is 15.4 Å². The topological polar surface area (TPSA) is 117 Å². The summed E-state index contributed by atoms with van der Waals surface area (Å²) < 4.78 is 27.6. The molecule has 210 valence electrons. The molecule has 2 aromatic rings. The summed E-state index contributed by atoms with van der Waals surface area (Å²) in [5.74, 6) is -1.22. The highest BCUT2D eigenvalue weighted by atomic mass is 32.2. The molecule has 3 atom stereocenters. The zero-order chi connectivity index (χ0) is 28.5. The van der Waals surface area contributed by atoms with Crippen LogP contribution < -0.4 is 5.32 Å². The van der Waals surface area contributed by atoms with Gasteiger partial charge in [-0.1, -0.05) is 52.8 Å². The minimum atomic E-state index is -3.82. The number of fused-ring (bicyclic) bond motifs is 1. The quantitative estimate of drug-likeness (QED) is 0.536. The Morgan fingerprint density at radius 2 is 1.79 bits per heavy atom. The van der Waals surface area contributed by atoms with Gasteiger partial charge >= 0.3 is 0 Å². The molecule has 0 spiro atoms. The number of carbonyl (C=O) groups excluding carboxylic acids is 3. The van der Waals surface area contributed by atoms with E-state index >= 15 is 0 Å². The van der Waals surface area contributed by atoms with Crippen LogP contribution >= 0.6 is 0 Å². The molecule has 1 aromatic heterocycles. The Labute approximate surface area is 231 Å². The molecule has 2 aliphatic rings. The van der Waals surface area contributed by atoms with Gasteiger partial charge in [0.05, 0.1) is 18.3 Å². The molecule has 2 saturated heterocycles. The number of amides is 2. The number of pyridine rings is 1. The third-order valence-electron chi connectivity index (χ3n) is 7.40. The predicted octanol–water partition coefficient (Wildman–Crippen LogP) is 2.91. The molecule has 4 rings (SSSR count). The van der Waals surface area contributed by atoms with E-state index in [-0.39, 0.29) is 47.8 Å². The Kier molecular flexibility index (Phi) is 8.28.